The Bertz CT molecular complexity index is 1370. The van der Waals surface area contributed by atoms with Crippen LogP contribution < -0.4 is 5.32 Å². The Labute approximate surface area is 204 Å². The fraction of sp³-hybridized carbons (Fsp3) is 0.179. The lowest BCUT2D eigenvalue weighted by atomic mass is 9.97. The summed E-state index contributed by atoms with van der Waals surface area (Å²) in [6.07, 6.45) is 17.6. The zero-order valence-corrected chi connectivity index (χ0v) is 20.2. The number of hydrogen-bond acceptors (Lipinski definition) is 5. The van der Waals surface area contributed by atoms with Crippen LogP contribution in [0.25, 0.3) is 22.5 Å². The van der Waals surface area contributed by atoms with Crippen LogP contribution in [0.2, 0.25) is 0 Å². The van der Waals surface area contributed by atoms with Crippen molar-refractivity contribution in [2.45, 2.75) is 26.8 Å². The van der Waals surface area contributed by atoms with Crippen LogP contribution in [0.5, 0.6) is 0 Å². The fourth-order valence-corrected chi connectivity index (χ4v) is 5.22. The van der Waals surface area contributed by atoms with E-state index in [0.717, 1.165) is 69.5 Å². The molecule has 0 amide bonds. The molecule has 6 heteroatoms. The maximum Gasteiger partial charge on any atom is 0.123 e. The van der Waals surface area contributed by atoms with Gasteiger partial charge in [-0.2, -0.15) is 5.10 Å². The number of aromatic amines is 1. The molecular weight excluding hydrogens is 438 g/mol. The molecule has 0 spiro atoms. The standard InChI is InChI=1S/C28H27N5S/c1-4-20(28-32-24-13-14-29-17-26(24)34-28)15-22-9-6-8-21(12-11-18(22)2)23-16-30-33-27(23)25-10-5-7-19(3)31-25/h4-12,15-16,29H,2,13-14,17H2,1,3H3,(H,30,33)/b9-6+,12-11-,20-4+,21-8-,22-15-. The van der Waals surface area contributed by atoms with Crippen LogP contribution >= 0.6 is 11.3 Å². The van der Waals surface area contributed by atoms with Crippen molar-refractivity contribution in [1.82, 2.24) is 25.5 Å². The van der Waals surface area contributed by atoms with Gasteiger partial charge in [0.15, 0.2) is 0 Å². The number of nitrogens with zero attached hydrogens (tertiary/aromatic N) is 3. The molecule has 3 aromatic rings. The molecule has 0 atom stereocenters. The summed E-state index contributed by atoms with van der Waals surface area (Å²) in [4.78, 5) is 10.9. The normalized spacial score (nSPS) is 20.9. The molecule has 1 aliphatic heterocycles. The largest absolute Gasteiger partial charge is 0.311 e. The molecule has 0 fully saturated rings. The van der Waals surface area contributed by atoms with Crippen molar-refractivity contribution in [3.8, 4) is 11.4 Å². The monoisotopic (exact) mass is 465 g/mol. The minimum atomic E-state index is 0.881. The molecule has 4 heterocycles. The van der Waals surface area contributed by atoms with Gasteiger partial charge in [0, 0.05) is 41.2 Å². The minimum Gasteiger partial charge on any atom is -0.311 e. The maximum atomic E-state index is 4.91. The Hall–Kier alpha value is -3.61. The van der Waals surface area contributed by atoms with Gasteiger partial charge >= 0.3 is 0 Å². The van der Waals surface area contributed by atoms with Crippen molar-refractivity contribution in [1.29, 1.82) is 0 Å². The molecule has 2 aliphatic rings. The number of allylic oxidation sites excluding steroid dienone is 11. The molecular formula is C28H27N5S. The first-order valence-electron chi connectivity index (χ1n) is 11.4. The van der Waals surface area contributed by atoms with Crippen LogP contribution in [0.3, 0.4) is 0 Å². The van der Waals surface area contributed by atoms with Gasteiger partial charge in [0.05, 0.1) is 23.3 Å². The topological polar surface area (TPSA) is 66.5 Å². The summed E-state index contributed by atoms with van der Waals surface area (Å²) in [5.74, 6) is 0. The summed E-state index contributed by atoms with van der Waals surface area (Å²) in [5.41, 5.74) is 9.20. The van der Waals surface area contributed by atoms with E-state index in [1.165, 1.54) is 10.6 Å². The van der Waals surface area contributed by atoms with Crippen molar-refractivity contribution in [3.63, 3.8) is 0 Å². The van der Waals surface area contributed by atoms with E-state index in [4.69, 9.17) is 4.98 Å². The molecule has 0 aromatic carbocycles. The number of nitrogens with one attached hydrogen (secondary N) is 2. The van der Waals surface area contributed by atoms with Gasteiger partial charge in [-0.05, 0) is 48.8 Å². The molecule has 2 N–H and O–H groups in total. The zero-order chi connectivity index (χ0) is 23.5. The van der Waals surface area contributed by atoms with Gasteiger partial charge in [-0.25, -0.2) is 4.98 Å². The smallest absolute Gasteiger partial charge is 0.123 e. The second-order valence-electron chi connectivity index (χ2n) is 8.32. The van der Waals surface area contributed by atoms with Gasteiger partial charge < -0.3 is 5.32 Å². The van der Waals surface area contributed by atoms with Crippen LogP contribution in [-0.2, 0) is 13.0 Å². The molecule has 3 aromatic heterocycles. The van der Waals surface area contributed by atoms with E-state index < -0.39 is 0 Å². The number of thiazole rings is 1. The van der Waals surface area contributed by atoms with Crippen LogP contribution in [0.1, 0.15) is 33.8 Å². The first-order chi connectivity index (χ1) is 16.6. The van der Waals surface area contributed by atoms with Crippen LogP contribution in [0.15, 0.2) is 84.7 Å². The van der Waals surface area contributed by atoms with E-state index in [1.807, 2.05) is 31.3 Å². The van der Waals surface area contributed by atoms with Crippen LogP contribution in [0, 0.1) is 6.92 Å². The van der Waals surface area contributed by atoms with Crippen molar-refractivity contribution in [2.24, 2.45) is 0 Å². The number of aromatic nitrogens is 4. The van der Waals surface area contributed by atoms with E-state index in [2.05, 4.69) is 76.5 Å². The summed E-state index contributed by atoms with van der Waals surface area (Å²) in [6.45, 7) is 10.3. The Morgan fingerprint density at radius 2 is 2.09 bits per heavy atom. The summed E-state index contributed by atoms with van der Waals surface area (Å²) in [5, 5.41) is 11.9. The third-order valence-electron chi connectivity index (χ3n) is 5.95. The Kier molecular flexibility index (Phi) is 6.34. The van der Waals surface area contributed by atoms with Crippen LogP contribution in [-0.4, -0.2) is 26.7 Å². The predicted molar refractivity (Wildman–Crippen MR) is 141 cm³/mol. The van der Waals surface area contributed by atoms with Crippen molar-refractivity contribution in [3.05, 3.63) is 111 Å². The highest BCUT2D eigenvalue weighted by Gasteiger charge is 2.17. The second kappa shape index (κ2) is 9.71. The summed E-state index contributed by atoms with van der Waals surface area (Å²) in [7, 11) is 0. The first-order valence-corrected chi connectivity index (χ1v) is 12.2. The first kappa shape index (κ1) is 22.2. The fourth-order valence-electron chi connectivity index (χ4n) is 4.09. The highest BCUT2D eigenvalue weighted by molar-refractivity contribution is 7.12. The Morgan fingerprint density at radius 3 is 2.91 bits per heavy atom. The molecule has 5 rings (SSSR count). The average molecular weight is 466 g/mol. The summed E-state index contributed by atoms with van der Waals surface area (Å²) < 4.78 is 0. The van der Waals surface area contributed by atoms with E-state index in [1.54, 1.807) is 11.3 Å². The molecule has 1 aliphatic carbocycles. The highest BCUT2D eigenvalue weighted by Crippen LogP contribution is 2.31. The number of H-pyrrole nitrogens is 1. The Balaban J connectivity index is 1.44. The molecule has 170 valence electrons. The maximum absolute atomic E-state index is 4.91. The van der Waals surface area contributed by atoms with E-state index >= 15 is 0 Å². The molecule has 0 radical (unpaired) electrons. The van der Waals surface area contributed by atoms with Gasteiger partial charge in [-0.3, -0.25) is 10.1 Å². The molecule has 0 saturated heterocycles. The number of hydrogen-bond donors (Lipinski definition) is 2. The van der Waals surface area contributed by atoms with Crippen molar-refractivity contribution in [2.75, 3.05) is 6.54 Å². The van der Waals surface area contributed by atoms with Crippen LogP contribution in [0.4, 0.5) is 0 Å². The minimum absolute atomic E-state index is 0.881. The third-order valence-corrected chi connectivity index (χ3v) is 7.10. The zero-order valence-electron chi connectivity index (χ0n) is 19.4. The highest BCUT2D eigenvalue weighted by atomic mass is 32.1. The van der Waals surface area contributed by atoms with Gasteiger partial charge in [0.2, 0.25) is 0 Å². The lowest BCUT2D eigenvalue weighted by Gasteiger charge is -2.09. The molecule has 0 unspecified atom stereocenters. The van der Waals surface area contributed by atoms with Crippen molar-refractivity contribution >= 4 is 22.5 Å². The molecule has 0 saturated carbocycles. The molecule has 0 bridgehead atoms. The van der Waals surface area contributed by atoms with Gasteiger partial charge in [-0.1, -0.05) is 49.1 Å². The lowest BCUT2D eigenvalue weighted by molar-refractivity contribution is 0.643. The van der Waals surface area contributed by atoms with Gasteiger partial charge in [0.1, 0.15) is 5.01 Å². The average Bonchev–Trinajstić information content (AvgIpc) is 3.49. The van der Waals surface area contributed by atoms with Crippen molar-refractivity contribution < 1.29 is 0 Å². The number of aryl methyl sites for hydroxylation is 1. The van der Waals surface area contributed by atoms with E-state index in [0.29, 0.717) is 0 Å². The number of pyridine rings is 1. The predicted octanol–water partition coefficient (Wildman–Crippen LogP) is 5.98. The van der Waals surface area contributed by atoms with E-state index in [-0.39, 0.29) is 0 Å². The molecule has 5 nitrogen and oxygen atoms in total. The van der Waals surface area contributed by atoms with E-state index in [9.17, 15) is 0 Å². The Morgan fingerprint density at radius 1 is 1.18 bits per heavy atom. The summed E-state index contributed by atoms with van der Waals surface area (Å²) in [6, 6.07) is 6.00. The molecule has 34 heavy (non-hydrogen) atoms. The van der Waals surface area contributed by atoms with Gasteiger partial charge in [0.25, 0.3) is 0 Å². The lowest BCUT2D eigenvalue weighted by Crippen LogP contribution is -2.22. The second-order valence-corrected chi connectivity index (χ2v) is 9.41. The number of fused-ring (bicyclic) bond motifs is 1. The summed E-state index contributed by atoms with van der Waals surface area (Å²) >= 11 is 1.78. The third kappa shape index (κ3) is 4.55. The quantitative estimate of drug-likeness (QED) is 0.498. The SMILES string of the molecule is C=C1\C=C/C(c2cn[nH]c2-c2cccc(C)n2)=C/C=C/C1=C/C(=C\C)c1nc2c(s1)CNCC2. The number of rotatable bonds is 4. The van der Waals surface area contributed by atoms with Gasteiger partial charge in [-0.15, -0.1) is 11.3 Å².